The Morgan fingerprint density at radius 3 is 2.00 bits per heavy atom. The van der Waals surface area contributed by atoms with E-state index in [-0.39, 0.29) is 6.47 Å². The van der Waals surface area contributed by atoms with Crippen LogP contribution >= 0.6 is 0 Å². The summed E-state index contributed by atoms with van der Waals surface area (Å²) < 4.78 is 9.95. The Kier molecular flexibility index (Phi) is 5.27. The van der Waals surface area contributed by atoms with E-state index in [0.717, 1.165) is 6.08 Å². The number of hydrogen-bond acceptors (Lipinski definition) is 5. The van der Waals surface area contributed by atoms with Gasteiger partial charge < -0.3 is 9.47 Å². The minimum atomic E-state index is -1.28. The van der Waals surface area contributed by atoms with Crippen molar-refractivity contribution in [1.29, 1.82) is 0 Å². The van der Waals surface area contributed by atoms with Gasteiger partial charge in [0.15, 0.2) is 11.7 Å². The van der Waals surface area contributed by atoms with Gasteiger partial charge in [-0.2, -0.15) is 0 Å². The van der Waals surface area contributed by atoms with Gasteiger partial charge in [0.1, 0.15) is 11.2 Å². The molecule has 0 aliphatic heterocycles. The lowest BCUT2D eigenvalue weighted by atomic mass is 9.86. The molecule has 1 atom stereocenters. The second kappa shape index (κ2) is 5.80. The van der Waals surface area contributed by atoms with Crippen LogP contribution in [0.25, 0.3) is 0 Å². The van der Waals surface area contributed by atoms with Crippen LogP contribution < -0.4 is 0 Å². The average molecular weight is 256 g/mol. The monoisotopic (exact) mass is 256 g/mol. The number of carbonyl (C=O) groups excluding carboxylic acids is 3. The minimum absolute atomic E-state index is 0.202. The Morgan fingerprint density at radius 2 is 1.67 bits per heavy atom. The highest BCUT2D eigenvalue weighted by Gasteiger charge is 2.43. The molecule has 0 aromatic heterocycles. The van der Waals surface area contributed by atoms with Gasteiger partial charge in [-0.05, 0) is 40.7 Å². The van der Waals surface area contributed by atoms with E-state index in [1.165, 1.54) is 13.8 Å². The van der Waals surface area contributed by atoms with Crippen molar-refractivity contribution >= 4 is 18.2 Å². The molecule has 0 fully saturated rings. The van der Waals surface area contributed by atoms with Crippen LogP contribution in [0.15, 0.2) is 12.7 Å². The lowest BCUT2D eigenvalue weighted by Gasteiger charge is -2.31. The molecule has 0 spiro atoms. The number of hydrogen-bond donors (Lipinski definition) is 0. The number of rotatable bonds is 6. The molecule has 0 bridgehead atoms. The van der Waals surface area contributed by atoms with Crippen molar-refractivity contribution in [2.24, 2.45) is 5.92 Å². The van der Waals surface area contributed by atoms with Crippen molar-refractivity contribution in [3.63, 3.8) is 0 Å². The largest absolute Gasteiger partial charge is 0.460 e. The summed E-state index contributed by atoms with van der Waals surface area (Å²) in [5.74, 6) is -2.50. The van der Waals surface area contributed by atoms with Crippen molar-refractivity contribution in [3.8, 4) is 0 Å². The zero-order valence-electron chi connectivity index (χ0n) is 11.5. The molecule has 0 amide bonds. The third-order valence-corrected chi connectivity index (χ3v) is 2.18. The van der Waals surface area contributed by atoms with Gasteiger partial charge in [-0.3, -0.25) is 14.4 Å². The Labute approximate surface area is 107 Å². The van der Waals surface area contributed by atoms with Crippen LogP contribution in [0.1, 0.15) is 34.6 Å². The molecule has 18 heavy (non-hydrogen) atoms. The van der Waals surface area contributed by atoms with Crippen molar-refractivity contribution in [3.05, 3.63) is 12.7 Å². The van der Waals surface area contributed by atoms with E-state index >= 15 is 0 Å². The minimum Gasteiger partial charge on any atom is -0.460 e. The topological polar surface area (TPSA) is 69.7 Å². The first kappa shape index (κ1) is 16.4. The molecular formula is C13H20O5. The fourth-order valence-electron chi connectivity index (χ4n) is 1.41. The molecule has 0 heterocycles. The third kappa shape index (κ3) is 4.69. The Morgan fingerprint density at radius 1 is 1.17 bits per heavy atom. The third-order valence-electron chi connectivity index (χ3n) is 2.18. The Bertz CT molecular complexity index is 349. The van der Waals surface area contributed by atoms with Crippen LogP contribution in [-0.4, -0.2) is 29.4 Å². The van der Waals surface area contributed by atoms with Gasteiger partial charge in [0.25, 0.3) is 6.47 Å². The van der Waals surface area contributed by atoms with E-state index in [1.54, 1.807) is 20.8 Å². The van der Waals surface area contributed by atoms with E-state index in [2.05, 4.69) is 6.58 Å². The first-order valence-corrected chi connectivity index (χ1v) is 5.55. The summed E-state index contributed by atoms with van der Waals surface area (Å²) in [6.07, 6.45) is 1.02. The predicted octanol–water partition coefficient (Wildman–Crippen LogP) is 1.65. The summed E-state index contributed by atoms with van der Waals surface area (Å²) in [5.41, 5.74) is -2.01. The summed E-state index contributed by atoms with van der Waals surface area (Å²) in [6.45, 7) is 11.5. The van der Waals surface area contributed by atoms with Gasteiger partial charge in [0.05, 0.1) is 0 Å². The van der Waals surface area contributed by atoms with E-state index in [1.807, 2.05) is 0 Å². The van der Waals surface area contributed by atoms with Crippen LogP contribution in [0.5, 0.6) is 0 Å². The van der Waals surface area contributed by atoms with Crippen LogP contribution in [0.4, 0.5) is 0 Å². The Hall–Kier alpha value is -1.65. The van der Waals surface area contributed by atoms with E-state index in [9.17, 15) is 14.4 Å². The first-order valence-electron chi connectivity index (χ1n) is 5.55. The fraction of sp³-hybridized carbons (Fsp3) is 0.615. The number of carbonyl (C=O) groups is 3. The van der Waals surface area contributed by atoms with Gasteiger partial charge >= 0.3 is 5.97 Å². The lowest BCUT2D eigenvalue weighted by molar-refractivity contribution is -0.174. The Balaban J connectivity index is 5.24. The highest BCUT2D eigenvalue weighted by atomic mass is 16.6. The smallest absolute Gasteiger partial charge is 0.321 e. The summed E-state index contributed by atoms with van der Waals surface area (Å²) in [5, 5.41) is 0. The molecule has 0 radical (unpaired) electrons. The maximum atomic E-state index is 12.0. The standard InChI is InChI=1S/C13H20O5/c1-7-9(15)10(13(5,6)17-8-14)11(16)18-12(2,3)4/h7-8,10H,1H2,2-6H3. The van der Waals surface area contributed by atoms with Crippen molar-refractivity contribution < 1.29 is 23.9 Å². The zero-order chi connectivity index (χ0) is 14.6. The maximum Gasteiger partial charge on any atom is 0.321 e. The molecule has 0 aliphatic rings. The van der Waals surface area contributed by atoms with Crippen LogP contribution in [0, 0.1) is 5.92 Å². The van der Waals surface area contributed by atoms with Crippen molar-refractivity contribution in [1.82, 2.24) is 0 Å². The fourth-order valence-corrected chi connectivity index (χ4v) is 1.41. The van der Waals surface area contributed by atoms with Crippen LogP contribution in [-0.2, 0) is 23.9 Å². The molecule has 5 nitrogen and oxygen atoms in total. The van der Waals surface area contributed by atoms with Crippen LogP contribution in [0.2, 0.25) is 0 Å². The van der Waals surface area contributed by atoms with Gasteiger partial charge in [-0.1, -0.05) is 6.58 Å². The highest BCUT2D eigenvalue weighted by Crippen LogP contribution is 2.25. The van der Waals surface area contributed by atoms with Gasteiger partial charge in [-0.15, -0.1) is 0 Å². The predicted molar refractivity (Wildman–Crippen MR) is 65.8 cm³/mol. The molecule has 5 heteroatoms. The molecule has 0 aromatic carbocycles. The number of ether oxygens (including phenoxy) is 2. The molecule has 0 N–H and O–H groups in total. The van der Waals surface area contributed by atoms with Crippen LogP contribution in [0.3, 0.4) is 0 Å². The molecule has 0 aliphatic carbocycles. The van der Waals surface area contributed by atoms with Gasteiger partial charge in [0.2, 0.25) is 0 Å². The molecule has 1 unspecified atom stereocenters. The number of esters is 1. The molecule has 0 saturated carbocycles. The average Bonchev–Trinajstić information content (AvgIpc) is 2.13. The van der Waals surface area contributed by atoms with E-state index in [4.69, 9.17) is 9.47 Å². The van der Waals surface area contributed by atoms with Crippen molar-refractivity contribution in [2.45, 2.75) is 45.8 Å². The maximum absolute atomic E-state index is 12.0. The second-order valence-electron chi connectivity index (χ2n) is 5.39. The van der Waals surface area contributed by atoms with Gasteiger partial charge in [0, 0.05) is 0 Å². The summed E-state index contributed by atoms with van der Waals surface area (Å²) in [4.78, 5) is 34.2. The number of ketones is 1. The quantitative estimate of drug-likeness (QED) is 0.313. The van der Waals surface area contributed by atoms with Crippen molar-refractivity contribution in [2.75, 3.05) is 0 Å². The highest BCUT2D eigenvalue weighted by molar-refractivity contribution is 6.06. The second-order valence-corrected chi connectivity index (χ2v) is 5.39. The molecular weight excluding hydrogens is 236 g/mol. The molecule has 102 valence electrons. The summed E-state index contributed by atoms with van der Waals surface area (Å²) in [6, 6.07) is 0. The lowest BCUT2D eigenvalue weighted by Crippen LogP contribution is -2.46. The molecule has 0 saturated heterocycles. The van der Waals surface area contributed by atoms with Gasteiger partial charge in [-0.25, -0.2) is 0 Å². The zero-order valence-corrected chi connectivity index (χ0v) is 11.5. The summed E-state index contributed by atoms with van der Waals surface area (Å²) >= 11 is 0. The summed E-state index contributed by atoms with van der Waals surface area (Å²) in [7, 11) is 0. The number of allylic oxidation sites excluding steroid dienone is 1. The molecule has 0 aromatic rings. The first-order chi connectivity index (χ1) is 8.05. The van der Waals surface area contributed by atoms with E-state index < -0.39 is 28.9 Å². The van der Waals surface area contributed by atoms with E-state index in [0.29, 0.717) is 0 Å². The SMILES string of the molecule is C=CC(=O)C(C(=O)OC(C)(C)C)C(C)(C)OC=O. The normalized spacial score (nSPS) is 13.4. The molecule has 0 rings (SSSR count).